The molecule has 0 saturated heterocycles. The lowest BCUT2D eigenvalue weighted by atomic mass is 10.1. The zero-order valence-corrected chi connectivity index (χ0v) is 8.07. The van der Waals surface area contributed by atoms with Crippen LogP contribution < -0.4 is 0 Å². The molecule has 1 aromatic carbocycles. The number of hydrogen-bond donors (Lipinski definition) is 0. The number of Topliss-reactive ketones (excluding diaryl/α,β-unsaturated/α-hetero) is 1. The van der Waals surface area contributed by atoms with Gasteiger partial charge in [0.2, 0.25) is 0 Å². The van der Waals surface area contributed by atoms with Crippen molar-refractivity contribution in [2.45, 2.75) is 13.3 Å². The molecule has 0 aliphatic rings. The average molecular weight is 188 g/mol. The van der Waals surface area contributed by atoms with Crippen molar-refractivity contribution in [2.24, 2.45) is 0 Å². The largest absolute Gasteiger partial charge is 0.294 e. The lowest BCUT2D eigenvalue weighted by Crippen LogP contribution is -2.05. The van der Waals surface area contributed by atoms with Crippen LogP contribution in [0, 0.1) is 0 Å². The molecule has 0 aliphatic heterocycles. The monoisotopic (exact) mass is 188 g/mol. The van der Waals surface area contributed by atoms with Crippen molar-refractivity contribution >= 4 is 11.6 Å². The molecule has 0 aromatic heterocycles. The fraction of sp³-hybridized carbons (Fsp3) is 0.167. The minimum absolute atomic E-state index is 0.0473. The van der Waals surface area contributed by atoms with E-state index in [1.54, 1.807) is 37.3 Å². The molecule has 0 atom stereocenters. The van der Waals surface area contributed by atoms with Crippen LogP contribution in [-0.4, -0.2) is 11.6 Å². The number of carbonyl (C=O) groups excluding carboxylic acids is 2. The van der Waals surface area contributed by atoms with Crippen molar-refractivity contribution in [1.82, 2.24) is 0 Å². The Morgan fingerprint density at radius 1 is 1.21 bits per heavy atom. The molecule has 0 spiro atoms. The van der Waals surface area contributed by atoms with Crippen LogP contribution in [0.2, 0.25) is 0 Å². The Bertz CT molecular complexity index is 350. The number of carbonyl (C=O) groups is 2. The van der Waals surface area contributed by atoms with Gasteiger partial charge in [-0.25, -0.2) is 0 Å². The summed E-state index contributed by atoms with van der Waals surface area (Å²) in [4.78, 5) is 22.6. The summed E-state index contributed by atoms with van der Waals surface area (Å²) in [6.07, 6.45) is 3.01. The maximum Gasteiger partial charge on any atom is 0.170 e. The van der Waals surface area contributed by atoms with E-state index in [0.717, 1.165) is 0 Å². The highest BCUT2D eigenvalue weighted by atomic mass is 16.1. The SMILES string of the molecule is CC=CC(=O)CC(=O)c1ccccc1. The minimum Gasteiger partial charge on any atom is -0.294 e. The second-order valence-electron chi connectivity index (χ2n) is 2.93. The third-order valence-electron chi connectivity index (χ3n) is 1.78. The summed E-state index contributed by atoms with van der Waals surface area (Å²) < 4.78 is 0. The number of benzene rings is 1. The van der Waals surface area contributed by atoms with Gasteiger partial charge in [-0.05, 0) is 13.0 Å². The van der Waals surface area contributed by atoms with Crippen molar-refractivity contribution in [3.05, 3.63) is 48.0 Å². The van der Waals surface area contributed by atoms with E-state index < -0.39 is 0 Å². The van der Waals surface area contributed by atoms with Gasteiger partial charge in [-0.15, -0.1) is 0 Å². The molecule has 0 fully saturated rings. The molecule has 0 unspecified atom stereocenters. The number of hydrogen-bond acceptors (Lipinski definition) is 2. The molecular formula is C12H12O2. The van der Waals surface area contributed by atoms with E-state index in [1.807, 2.05) is 6.07 Å². The highest BCUT2D eigenvalue weighted by Gasteiger charge is 2.08. The highest BCUT2D eigenvalue weighted by Crippen LogP contribution is 2.03. The van der Waals surface area contributed by atoms with Gasteiger partial charge in [-0.3, -0.25) is 9.59 Å². The molecule has 2 nitrogen and oxygen atoms in total. The fourth-order valence-corrected chi connectivity index (χ4v) is 1.13. The highest BCUT2D eigenvalue weighted by molar-refractivity contribution is 6.11. The maximum absolute atomic E-state index is 11.5. The van der Waals surface area contributed by atoms with Crippen molar-refractivity contribution in [3.8, 4) is 0 Å². The van der Waals surface area contributed by atoms with E-state index in [1.165, 1.54) is 6.08 Å². The topological polar surface area (TPSA) is 34.1 Å². The zero-order chi connectivity index (χ0) is 10.4. The van der Waals surface area contributed by atoms with Crippen LogP contribution in [0.4, 0.5) is 0 Å². The quantitative estimate of drug-likeness (QED) is 0.413. The second-order valence-corrected chi connectivity index (χ2v) is 2.93. The van der Waals surface area contributed by atoms with Gasteiger partial charge in [-0.1, -0.05) is 36.4 Å². The van der Waals surface area contributed by atoms with Crippen LogP contribution >= 0.6 is 0 Å². The standard InChI is InChI=1S/C12H12O2/c1-2-6-11(13)9-12(14)10-7-4-3-5-8-10/h2-8H,9H2,1H3. The summed E-state index contributed by atoms with van der Waals surface area (Å²) in [5.41, 5.74) is 0.588. The Morgan fingerprint density at radius 3 is 2.43 bits per heavy atom. The van der Waals surface area contributed by atoms with Crippen molar-refractivity contribution < 1.29 is 9.59 Å². The van der Waals surface area contributed by atoms with Gasteiger partial charge in [0, 0.05) is 5.56 Å². The van der Waals surface area contributed by atoms with E-state index in [9.17, 15) is 9.59 Å². The zero-order valence-electron chi connectivity index (χ0n) is 8.07. The normalized spacial score (nSPS) is 10.4. The second kappa shape index (κ2) is 5.12. The van der Waals surface area contributed by atoms with Crippen molar-refractivity contribution in [1.29, 1.82) is 0 Å². The summed E-state index contributed by atoms with van der Waals surface area (Å²) in [7, 11) is 0. The summed E-state index contributed by atoms with van der Waals surface area (Å²) in [6.45, 7) is 1.75. The molecule has 14 heavy (non-hydrogen) atoms. The predicted molar refractivity (Wildman–Crippen MR) is 55.2 cm³/mol. The van der Waals surface area contributed by atoms with Gasteiger partial charge in [0.25, 0.3) is 0 Å². The van der Waals surface area contributed by atoms with E-state index in [2.05, 4.69) is 0 Å². The van der Waals surface area contributed by atoms with E-state index in [-0.39, 0.29) is 18.0 Å². The van der Waals surface area contributed by atoms with Gasteiger partial charge in [-0.2, -0.15) is 0 Å². The summed E-state index contributed by atoms with van der Waals surface area (Å²) in [5, 5.41) is 0. The first kappa shape index (κ1) is 10.4. The molecular weight excluding hydrogens is 176 g/mol. The van der Waals surface area contributed by atoms with Crippen LogP contribution in [0.25, 0.3) is 0 Å². The van der Waals surface area contributed by atoms with Gasteiger partial charge < -0.3 is 0 Å². The van der Waals surface area contributed by atoms with Crippen LogP contribution in [0.5, 0.6) is 0 Å². The lowest BCUT2D eigenvalue weighted by Gasteiger charge is -1.96. The summed E-state index contributed by atoms with van der Waals surface area (Å²) in [5.74, 6) is -0.282. The Balaban J connectivity index is 2.64. The van der Waals surface area contributed by atoms with Crippen LogP contribution in [0.1, 0.15) is 23.7 Å². The van der Waals surface area contributed by atoms with Crippen molar-refractivity contribution in [3.63, 3.8) is 0 Å². The molecule has 0 amide bonds. The first-order chi connectivity index (χ1) is 6.74. The van der Waals surface area contributed by atoms with Crippen LogP contribution in [0.3, 0.4) is 0 Å². The summed E-state index contributed by atoms with van der Waals surface area (Å²) in [6, 6.07) is 8.84. The van der Waals surface area contributed by atoms with E-state index >= 15 is 0 Å². The van der Waals surface area contributed by atoms with Crippen LogP contribution in [0.15, 0.2) is 42.5 Å². The molecule has 0 radical (unpaired) electrons. The molecule has 0 bridgehead atoms. The van der Waals surface area contributed by atoms with Gasteiger partial charge in [0.15, 0.2) is 11.6 Å². The molecule has 0 N–H and O–H groups in total. The van der Waals surface area contributed by atoms with Gasteiger partial charge in [0.05, 0.1) is 6.42 Å². The first-order valence-corrected chi connectivity index (χ1v) is 4.48. The minimum atomic E-state index is -0.152. The smallest absolute Gasteiger partial charge is 0.170 e. The summed E-state index contributed by atoms with van der Waals surface area (Å²) >= 11 is 0. The Morgan fingerprint density at radius 2 is 1.86 bits per heavy atom. The van der Waals surface area contributed by atoms with Gasteiger partial charge in [0.1, 0.15) is 0 Å². The molecule has 72 valence electrons. The van der Waals surface area contributed by atoms with Crippen LogP contribution in [-0.2, 0) is 4.79 Å². The predicted octanol–water partition coefficient (Wildman–Crippen LogP) is 2.40. The Kier molecular flexibility index (Phi) is 3.80. The Labute approximate surface area is 83.3 Å². The maximum atomic E-state index is 11.5. The molecule has 0 saturated carbocycles. The van der Waals surface area contributed by atoms with E-state index in [0.29, 0.717) is 5.56 Å². The number of rotatable bonds is 4. The molecule has 2 heteroatoms. The molecule has 1 aromatic rings. The Hall–Kier alpha value is -1.70. The van der Waals surface area contributed by atoms with Gasteiger partial charge >= 0.3 is 0 Å². The fourth-order valence-electron chi connectivity index (χ4n) is 1.13. The molecule has 0 aliphatic carbocycles. The first-order valence-electron chi connectivity index (χ1n) is 4.48. The number of ketones is 2. The third kappa shape index (κ3) is 2.98. The average Bonchev–Trinajstić information content (AvgIpc) is 2.19. The lowest BCUT2D eigenvalue weighted by molar-refractivity contribution is -0.113. The third-order valence-corrected chi connectivity index (χ3v) is 1.78. The van der Waals surface area contributed by atoms with E-state index in [4.69, 9.17) is 0 Å². The van der Waals surface area contributed by atoms with Crippen molar-refractivity contribution in [2.75, 3.05) is 0 Å². The molecule has 1 rings (SSSR count). The molecule has 0 heterocycles. The number of allylic oxidation sites excluding steroid dienone is 2.